The van der Waals surface area contributed by atoms with Gasteiger partial charge in [0.15, 0.2) is 15.5 Å². The van der Waals surface area contributed by atoms with Crippen LogP contribution in [-0.4, -0.2) is 70.1 Å². The van der Waals surface area contributed by atoms with Crippen LogP contribution in [0.5, 0.6) is 0 Å². The van der Waals surface area contributed by atoms with Crippen LogP contribution in [0, 0.1) is 0 Å². The highest BCUT2D eigenvalue weighted by Crippen LogP contribution is 2.25. The van der Waals surface area contributed by atoms with Crippen LogP contribution in [0.2, 0.25) is 0 Å². The molecule has 3 heterocycles. The van der Waals surface area contributed by atoms with E-state index in [0.29, 0.717) is 30.2 Å². The van der Waals surface area contributed by atoms with Gasteiger partial charge in [0, 0.05) is 25.4 Å². The van der Waals surface area contributed by atoms with E-state index < -0.39 is 15.4 Å². The first-order valence-corrected chi connectivity index (χ1v) is 12.1. The second kappa shape index (κ2) is 8.05. The molecule has 10 nitrogen and oxygen atoms in total. The molecule has 32 heavy (non-hydrogen) atoms. The molecule has 1 aliphatic rings. The van der Waals surface area contributed by atoms with Gasteiger partial charge in [0.2, 0.25) is 0 Å². The third-order valence-electron chi connectivity index (χ3n) is 5.06. The number of carbonyl (C=O) groups is 1. The molecule has 1 saturated heterocycles. The molecule has 1 amide bonds. The third-order valence-corrected chi connectivity index (χ3v) is 6.18. The zero-order chi connectivity index (χ0) is 23.1. The van der Waals surface area contributed by atoms with Crippen LogP contribution in [0.25, 0.3) is 16.7 Å². The van der Waals surface area contributed by atoms with Gasteiger partial charge in [0.25, 0.3) is 0 Å². The molecule has 1 atom stereocenters. The smallest absolute Gasteiger partial charge is 0.410 e. The molecule has 1 aromatic carbocycles. The standard InChI is InChI=1S/C21H26N6O4S/c1-21(2,3)31-20(28)26-10-9-14(12-26)25-18-17-11-24-27(19(17)23-13-22-18)15-5-7-16(8-6-15)32(4,29)30/h5-8,11,13-14H,9-10,12H2,1-4H3,(H,22,23,25). The Labute approximate surface area is 186 Å². The average molecular weight is 459 g/mol. The minimum atomic E-state index is -3.27. The van der Waals surface area contributed by atoms with E-state index in [9.17, 15) is 13.2 Å². The molecule has 0 spiro atoms. The quantitative estimate of drug-likeness (QED) is 0.634. The fourth-order valence-corrected chi connectivity index (χ4v) is 4.18. The Morgan fingerprint density at radius 2 is 1.91 bits per heavy atom. The average Bonchev–Trinajstić information content (AvgIpc) is 3.34. The predicted octanol–water partition coefficient (Wildman–Crippen LogP) is 2.64. The zero-order valence-corrected chi connectivity index (χ0v) is 19.3. The van der Waals surface area contributed by atoms with Gasteiger partial charge in [-0.05, 0) is 51.5 Å². The second-order valence-corrected chi connectivity index (χ2v) is 10.9. The van der Waals surface area contributed by atoms with E-state index in [4.69, 9.17) is 4.74 Å². The van der Waals surface area contributed by atoms with Crippen LogP contribution in [0.3, 0.4) is 0 Å². The first kappa shape index (κ1) is 22.0. The van der Waals surface area contributed by atoms with E-state index in [1.165, 1.54) is 12.6 Å². The lowest BCUT2D eigenvalue weighted by Crippen LogP contribution is -2.36. The highest BCUT2D eigenvalue weighted by atomic mass is 32.2. The Kier molecular flexibility index (Phi) is 5.53. The number of anilines is 1. The number of nitrogens with zero attached hydrogens (tertiary/aromatic N) is 5. The number of rotatable bonds is 4. The van der Waals surface area contributed by atoms with E-state index in [-0.39, 0.29) is 17.0 Å². The van der Waals surface area contributed by atoms with Gasteiger partial charge in [-0.25, -0.2) is 27.9 Å². The molecule has 0 bridgehead atoms. The maximum absolute atomic E-state index is 12.3. The maximum Gasteiger partial charge on any atom is 0.410 e. The van der Waals surface area contributed by atoms with Gasteiger partial charge in [0.05, 0.1) is 22.2 Å². The number of hydrogen-bond donors (Lipinski definition) is 1. The topological polar surface area (TPSA) is 119 Å². The van der Waals surface area contributed by atoms with Crippen molar-refractivity contribution in [2.75, 3.05) is 24.7 Å². The van der Waals surface area contributed by atoms with Gasteiger partial charge in [-0.15, -0.1) is 0 Å². The minimum Gasteiger partial charge on any atom is -0.444 e. The molecule has 0 saturated carbocycles. The van der Waals surface area contributed by atoms with Crippen molar-refractivity contribution in [2.45, 2.75) is 43.7 Å². The highest BCUT2D eigenvalue weighted by molar-refractivity contribution is 7.90. The number of carbonyl (C=O) groups excluding carboxylic acids is 1. The minimum absolute atomic E-state index is 0.0259. The largest absolute Gasteiger partial charge is 0.444 e. The van der Waals surface area contributed by atoms with E-state index >= 15 is 0 Å². The Hall–Kier alpha value is -3.21. The van der Waals surface area contributed by atoms with Crippen LogP contribution >= 0.6 is 0 Å². The molecule has 11 heteroatoms. The van der Waals surface area contributed by atoms with Crippen molar-refractivity contribution in [3.05, 3.63) is 36.8 Å². The van der Waals surface area contributed by atoms with E-state index in [1.54, 1.807) is 40.0 Å². The lowest BCUT2D eigenvalue weighted by molar-refractivity contribution is 0.0293. The number of nitrogens with one attached hydrogen (secondary N) is 1. The Bertz CT molecular complexity index is 1250. The Morgan fingerprint density at radius 1 is 1.19 bits per heavy atom. The summed E-state index contributed by atoms with van der Waals surface area (Å²) in [5.74, 6) is 0.630. The number of ether oxygens (including phenoxy) is 1. The summed E-state index contributed by atoms with van der Waals surface area (Å²) in [5, 5.41) is 8.54. The molecule has 2 aromatic heterocycles. The van der Waals surface area contributed by atoms with Crippen molar-refractivity contribution in [1.29, 1.82) is 0 Å². The normalized spacial score (nSPS) is 17.0. The van der Waals surface area contributed by atoms with Crippen LogP contribution in [0.15, 0.2) is 41.7 Å². The SMILES string of the molecule is CC(C)(C)OC(=O)N1CCC(Nc2ncnc3c2cnn3-c2ccc(S(C)(=O)=O)cc2)C1. The highest BCUT2D eigenvalue weighted by Gasteiger charge is 2.30. The molecule has 1 unspecified atom stereocenters. The summed E-state index contributed by atoms with van der Waals surface area (Å²) >= 11 is 0. The molecule has 1 N–H and O–H groups in total. The summed E-state index contributed by atoms with van der Waals surface area (Å²) in [6.45, 7) is 6.66. The maximum atomic E-state index is 12.3. The predicted molar refractivity (Wildman–Crippen MR) is 120 cm³/mol. The molecule has 1 aliphatic heterocycles. The van der Waals surface area contributed by atoms with Crippen LogP contribution in [-0.2, 0) is 14.6 Å². The van der Waals surface area contributed by atoms with Gasteiger partial charge >= 0.3 is 6.09 Å². The molecule has 4 rings (SSSR count). The summed E-state index contributed by atoms with van der Waals surface area (Å²) in [6.07, 6.45) is 4.74. The first-order valence-electron chi connectivity index (χ1n) is 10.2. The van der Waals surface area contributed by atoms with E-state index in [2.05, 4.69) is 20.4 Å². The fourth-order valence-electron chi connectivity index (χ4n) is 3.55. The Balaban J connectivity index is 1.52. The number of fused-ring (bicyclic) bond motifs is 1. The first-order chi connectivity index (χ1) is 15.0. The van der Waals surface area contributed by atoms with Crippen molar-refractivity contribution in [2.24, 2.45) is 0 Å². The fraction of sp³-hybridized carbons (Fsp3) is 0.429. The molecule has 0 radical (unpaired) electrons. The van der Waals surface area contributed by atoms with Crippen molar-refractivity contribution < 1.29 is 17.9 Å². The van der Waals surface area contributed by atoms with Gasteiger partial charge in [-0.1, -0.05) is 0 Å². The van der Waals surface area contributed by atoms with Crippen molar-refractivity contribution in [1.82, 2.24) is 24.6 Å². The monoisotopic (exact) mass is 458 g/mol. The van der Waals surface area contributed by atoms with Crippen molar-refractivity contribution >= 4 is 32.8 Å². The van der Waals surface area contributed by atoms with Crippen molar-refractivity contribution in [3.63, 3.8) is 0 Å². The molecule has 1 fully saturated rings. The van der Waals surface area contributed by atoms with Gasteiger partial charge in [0.1, 0.15) is 17.7 Å². The number of likely N-dealkylation sites (tertiary alicyclic amines) is 1. The molecule has 170 valence electrons. The number of aromatic nitrogens is 4. The number of sulfone groups is 1. The van der Waals surface area contributed by atoms with E-state index in [0.717, 1.165) is 11.8 Å². The van der Waals surface area contributed by atoms with Crippen molar-refractivity contribution in [3.8, 4) is 5.69 Å². The van der Waals surface area contributed by atoms with Crippen LogP contribution in [0.4, 0.5) is 10.6 Å². The zero-order valence-electron chi connectivity index (χ0n) is 18.4. The summed E-state index contributed by atoms with van der Waals surface area (Å²) in [4.78, 5) is 23.0. The summed E-state index contributed by atoms with van der Waals surface area (Å²) in [6, 6.07) is 6.49. The second-order valence-electron chi connectivity index (χ2n) is 8.84. The van der Waals surface area contributed by atoms with Gasteiger partial charge in [-0.3, -0.25) is 0 Å². The van der Waals surface area contributed by atoms with Gasteiger partial charge < -0.3 is 15.0 Å². The lowest BCUT2D eigenvalue weighted by atomic mass is 10.2. The molecular formula is C21H26N6O4S. The number of hydrogen-bond acceptors (Lipinski definition) is 8. The van der Waals surface area contributed by atoms with E-state index in [1.807, 2.05) is 20.8 Å². The Morgan fingerprint density at radius 3 is 2.56 bits per heavy atom. The number of amides is 1. The molecule has 3 aromatic rings. The lowest BCUT2D eigenvalue weighted by Gasteiger charge is -2.24. The summed E-state index contributed by atoms with van der Waals surface area (Å²) < 4.78 is 30.5. The number of benzene rings is 1. The van der Waals surface area contributed by atoms with Crippen LogP contribution < -0.4 is 5.32 Å². The summed E-state index contributed by atoms with van der Waals surface area (Å²) in [7, 11) is -3.27. The van der Waals surface area contributed by atoms with Crippen LogP contribution in [0.1, 0.15) is 27.2 Å². The summed E-state index contributed by atoms with van der Waals surface area (Å²) in [5.41, 5.74) is 0.751. The third kappa shape index (κ3) is 4.67. The van der Waals surface area contributed by atoms with Gasteiger partial charge in [-0.2, -0.15) is 5.10 Å². The molecular weight excluding hydrogens is 432 g/mol. The molecule has 0 aliphatic carbocycles.